The summed E-state index contributed by atoms with van der Waals surface area (Å²) in [5.41, 5.74) is 5.18. The van der Waals surface area contributed by atoms with Crippen LogP contribution in [0.15, 0.2) is 52.5 Å². The smallest absolute Gasteiger partial charge is 0.223 e. The highest BCUT2D eigenvalue weighted by Crippen LogP contribution is 2.21. The zero-order valence-electron chi connectivity index (χ0n) is 8.14. The van der Waals surface area contributed by atoms with Crippen molar-refractivity contribution in [1.82, 2.24) is 10.9 Å². The van der Waals surface area contributed by atoms with Gasteiger partial charge in [0.05, 0.1) is 4.90 Å². The molecule has 0 amide bonds. The minimum absolute atomic E-state index is 0.0947. The molecule has 1 aromatic rings. The number of hydrazine groups is 1. The van der Waals surface area contributed by atoms with Crippen LogP contribution >= 0.6 is 11.6 Å². The van der Waals surface area contributed by atoms with Crippen molar-refractivity contribution in [2.75, 3.05) is 0 Å². The minimum atomic E-state index is -3.53. The minimum Gasteiger partial charge on any atom is -0.308 e. The summed E-state index contributed by atoms with van der Waals surface area (Å²) >= 11 is 5.76. The molecule has 0 spiro atoms. The van der Waals surface area contributed by atoms with Crippen LogP contribution in [0.5, 0.6) is 0 Å². The zero-order valence-corrected chi connectivity index (χ0v) is 9.72. The molecular weight excluding hydrogens is 248 g/mol. The Morgan fingerprint density at radius 3 is 2.69 bits per heavy atom. The Hall–Kier alpha value is -1.46. The summed E-state index contributed by atoms with van der Waals surface area (Å²) in [4.78, 5) is 0.163. The van der Waals surface area contributed by atoms with Gasteiger partial charge < -0.3 is 5.43 Å². The van der Waals surface area contributed by atoms with Crippen LogP contribution in [-0.4, -0.2) is 8.42 Å². The zero-order chi connectivity index (χ0) is 11.6. The van der Waals surface area contributed by atoms with E-state index in [-0.39, 0.29) is 9.92 Å². The molecule has 0 saturated carbocycles. The molecule has 0 bridgehead atoms. The van der Waals surface area contributed by atoms with E-state index < -0.39 is 9.84 Å². The number of hydrogen-bond donors (Lipinski definition) is 2. The number of nitrogens with one attached hydrogen (secondary N) is 2. The first kappa shape index (κ1) is 11.0. The fraction of sp³-hybridized carbons (Fsp3) is 0. The molecule has 1 aliphatic heterocycles. The Labute approximate surface area is 98.5 Å². The van der Waals surface area contributed by atoms with Crippen molar-refractivity contribution in [2.45, 2.75) is 4.90 Å². The first-order chi connectivity index (χ1) is 7.60. The Morgan fingerprint density at radius 1 is 1.25 bits per heavy atom. The molecule has 1 aromatic carbocycles. The van der Waals surface area contributed by atoms with Crippen LogP contribution in [0.1, 0.15) is 0 Å². The highest BCUT2D eigenvalue weighted by atomic mass is 35.5. The van der Waals surface area contributed by atoms with Gasteiger partial charge in [0.1, 0.15) is 0 Å². The van der Waals surface area contributed by atoms with E-state index in [4.69, 9.17) is 11.6 Å². The maximum Gasteiger partial charge on any atom is 0.223 e. The molecule has 0 aliphatic carbocycles. The highest BCUT2D eigenvalue weighted by Gasteiger charge is 2.21. The fourth-order valence-corrected chi connectivity index (χ4v) is 2.76. The molecule has 4 nitrogen and oxygen atoms in total. The second kappa shape index (κ2) is 4.19. The van der Waals surface area contributed by atoms with Crippen LogP contribution in [0.4, 0.5) is 0 Å². The second-order valence-electron chi connectivity index (χ2n) is 3.12. The third-order valence-corrected chi connectivity index (χ3v) is 3.95. The van der Waals surface area contributed by atoms with Gasteiger partial charge in [0.2, 0.25) is 9.84 Å². The number of sulfone groups is 1. The average Bonchev–Trinajstić information content (AvgIpc) is 2.30. The number of allylic oxidation sites excluding steroid dienone is 2. The van der Waals surface area contributed by atoms with Crippen molar-refractivity contribution in [2.24, 2.45) is 0 Å². The Balaban J connectivity index is 2.47. The van der Waals surface area contributed by atoms with E-state index in [0.717, 1.165) is 0 Å². The van der Waals surface area contributed by atoms with Crippen molar-refractivity contribution in [3.05, 3.63) is 52.7 Å². The van der Waals surface area contributed by atoms with Gasteiger partial charge in [-0.15, -0.1) is 0 Å². The highest BCUT2D eigenvalue weighted by molar-refractivity contribution is 7.95. The van der Waals surface area contributed by atoms with Crippen molar-refractivity contribution < 1.29 is 8.42 Å². The van der Waals surface area contributed by atoms with Crippen molar-refractivity contribution in [3.63, 3.8) is 0 Å². The summed E-state index contributed by atoms with van der Waals surface area (Å²) in [6.07, 6.45) is 4.68. The van der Waals surface area contributed by atoms with E-state index in [1.54, 1.807) is 24.4 Å². The van der Waals surface area contributed by atoms with Gasteiger partial charge in [-0.2, -0.15) is 0 Å². The van der Waals surface area contributed by atoms with Crippen LogP contribution in [0.25, 0.3) is 0 Å². The van der Waals surface area contributed by atoms with Crippen molar-refractivity contribution in [3.8, 4) is 0 Å². The van der Waals surface area contributed by atoms with Crippen LogP contribution in [0.3, 0.4) is 0 Å². The molecule has 0 fully saturated rings. The quantitative estimate of drug-likeness (QED) is 0.844. The lowest BCUT2D eigenvalue weighted by Gasteiger charge is -2.13. The lowest BCUT2D eigenvalue weighted by atomic mass is 10.4. The molecular formula is C10H9ClN2O2S. The van der Waals surface area contributed by atoms with E-state index in [1.807, 2.05) is 0 Å². The van der Waals surface area contributed by atoms with Gasteiger partial charge in [0.25, 0.3) is 0 Å². The standard InChI is InChI=1S/C10H9ClN2O2S/c11-8-3-1-4-9(7-8)16(14,15)10-5-2-6-12-13-10/h1-7,12-13H. The van der Waals surface area contributed by atoms with Crippen LogP contribution < -0.4 is 10.9 Å². The maximum absolute atomic E-state index is 12.1. The third-order valence-electron chi connectivity index (χ3n) is 2.02. The summed E-state index contributed by atoms with van der Waals surface area (Å²) in [6, 6.07) is 6.14. The molecule has 2 rings (SSSR count). The third kappa shape index (κ3) is 2.05. The van der Waals surface area contributed by atoms with Crippen LogP contribution in [0, 0.1) is 0 Å². The van der Waals surface area contributed by atoms with Crippen molar-refractivity contribution in [1.29, 1.82) is 0 Å². The predicted octanol–water partition coefficient (Wildman–Crippen LogP) is 1.58. The predicted molar refractivity (Wildman–Crippen MR) is 62.1 cm³/mol. The number of hydrogen-bond acceptors (Lipinski definition) is 4. The molecule has 0 saturated heterocycles. The Kier molecular flexibility index (Phi) is 2.89. The lowest BCUT2D eigenvalue weighted by Crippen LogP contribution is -2.32. The summed E-state index contributed by atoms with van der Waals surface area (Å²) in [5.74, 6) is 0. The molecule has 0 unspecified atom stereocenters. The van der Waals surface area contributed by atoms with Gasteiger partial charge in [-0.3, -0.25) is 5.43 Å². The van der Waals surface area contributed by atoms with Gasteiger partial charge in [-0.05, 0) is 30.4 Å². The molecule has 0 radical (unpaired) electrons. The van der Waals surface area contributed by atoms with Crippen LogP contribution in [0.2, 0.25) is 5.02 Å². The maximum atomic E-state index is 12.1. The van der Waals surface area contributed by atoms with E-state index in [2.05, 4.69) is 10.9 Å². The van der Waals surface area contributed by atoms with Gasteiger partial charge in [0, 0.05) is 11.2 Å². The summed E-state index contributed by atoms with van der Waals surface area (Å²) in [5, 5.41) is 0.484. The molecule has 84 valence electrons. The second-order valence-corrected chi connectivity index (χ2v) is 5.47. The Bertz CT molecular complexity index is 564. The molecule has 16 heavy (non-hydrogen) atoms. The topological polar surface area (TPSA) is 58.2 Å². The van der Waals surface area contributed by atoms with E-state index in [1.165, 1.54) is 18.2 Å². The summed E-state index contributed by atoms with van der Waals surface area (Å²) in [6.45, 7) is 0. The lowest BCUT2D eigenvalue weighted by molar-refractivity contribution is 0.593. The van der Waals surface area contributed by atoms with Gasteiger partial charge in [0.15, 0.2) is 5.03 Å². The normalized spacial score (nSPS) is 14.9. The van der Waals surface area contributed by atoms with Crippen LogP contribution in [-0.2, 0) is 9.84 Å². The van der Waals surface area contributed by atoms with Gasteiger partial charge in [-0.1, -0.05) is 17.7 Å². The molecule has 0 aromatic heterocycles. The number of rotatable bonds is 2. The molecule has 0 atom stereocenters. The van der Waals surface area contributed by atoms with E-state index >= 15 is 0 Å². The van der Waals surface area contributed by atoms with E-state index in [9.17, 15) is 8.42 Å². The summed E-state index contributed by atoms with van der Waals surface area (Å²) in [7, 11) is -3.53. The molecule has 2 N–H and O–H groups in total. The average molecular weight is 257 g/mol. The largest absolute Gasteiger partial charge is 0.308 e. The number of benzene rings is 1. The Morgan fingerprint density at radius 2 is 2.06 bits per heavy atom. The summed E-state index contributed by atoms with van der Waals surface area (Å²) < 4.78 is 24.2. The number of halogens is 1. The molecule has 1 heterocycles. The first-order valence-corrected chi connectivity index (χ1v) is 6.36. The fourth-order valence-electron chi connectivity index (χ4n) is 1.26. The monoisotopic (exact) mass is 256 g/mol. The van der Waals surface area contributed by atoms with E-state index in [0.29, 0.717) is 5.02 Å². The molecule has 6 heteroatoms. The van der Waals surface area contributed by atoms with Gasteiger partial charge in [-0.25, -0.2) is 8.42 Å². The SMILES string of the molecule is O=S(=O)(C1=CC=CNN1)c1cccc(Cl)c1. The molecule has 1 aliphatic rings. The van der Waals surface area contributed by atoms with Gasteiger partial charge >= 0.3 is 0 Å². The first-order valence-electron chi connectivity index (χ1n) is 4.50. The van der Waals surface area contributed by atoms with Crippen molar-refractivity contribution >= 4 is 21.4 Å².